The maximum atomic E-state index is 11.9. The first-order valence-corrected chi connectivity index (χ1v) is 9.85. The molecule has 2 N–H and O–H groups in total. The molecule has 1 amide bonds. The van der Waals surface area contributed by atoms with Crippen molar-refractivity contribution >= 4 is 35.8 Å². The average Bonchev–Trinajstić information content (AvgIpc) is 3.07. The summed E-state index contributed by atoms with van der Waals surface area (Å²) in [6.45, 7) is 9.08. The molecule has 1 saturated heterocycles. The van der Waals surface area contributed by atoms with E-state index in [1.165, 1.54) is 11.1 Å². The van der Waals surface area contributed by atoms with E-state index in [9.17, 15) is 4.79 Å². The fourth-order valence-electron chi connectivity index (χ4n) is 3.56. The zero-order chi connectivity index (χ0) is 18.9. The van der Waals surface area contributed by atoms with Crippen LogP contribution in [0.15, 0.2) is 29.3 Å². The van der Waals surface area contributed by atoms with Gasteiger partial charge in [-0.05, 0) is 37.7 Å². The molecule has 152 valence electrons. The minimum absolute atomic E-state index is 0. The molecular weight excluding hydrogens is 451 g/mol. The van der Waals surface area contributed by atoms with Crippen molar-refractivity contribution in [2.24, 2.45) is 4.99 Å². The van der Waals surface area contributed by atoms with Crippen molar-refractivity contribution in [2.45, 2.75) is 58.4 Å². The summed E-state index contributed by atoms with van der Waals surface area (Å²) in [5.41, 5.74) is 2.63. The molecule has 1 aromatic carbocycles. The molecule has 1 aliphatic rings. The number of nitrogens with one attached hydrogen (secondary N) is 2. The van der Waals surface area contributed by atoms with Crippen LogP contribution in [0.4, 0.5) is 0 Å². The fourth-order valence-corrected chi connectivity index (χ4v) is 3.56. The number of rotatable bonds is 8. The maximum Gasteiger partial charge on any atom is 0.222 e. The quantitative estimate of drug-likeness (QED) is 0.335. The lowest BCUT2D eigenvalue weighted by Crippen LogP contribution is -2.42. The van der Waals surface area contributed by atoms with Crippen LogP contribution in [-0.2, 0) is 4.79 Å². The molecule has 0 saturated carbocycles. The first-order chi connectivity index (χ1) is 12.5. The lowest BCUT2D eigenvalue weighted by Gasteiger charge is -2.27. The minimum atomic E-state index is 0. The summed E-state index contributed by atoms with van der Waals surface area (Å²) >= 11 is 0. The number of guanidine groups is 1. The van der Waals surface area contributed by atoms with E-state index in [2.05, 4.69) is 65.6 Å². The third kappa shape index (κ3) is 7.31. The molecule has 0 radical (unpaired) electrons. The molecule has 1 aliphatic heterocycles. The summed E-state index contributed by atoms with van der Waals surface area (Å²) in [5, 5.41) is 6.81. The van der Waals surface area contributed by atoms with Crippen LogP contribution in [0, 0.1) is 6.92 Å². The Bertz CT molecular complexity index is 620. The van der Waals surface area contributed by atoms with Gasteiger partial charge >= 0.3 is 0 Å². The van der Waals surface area contributed by atoms with Gasteiger partial charge in [0.15, 0.2) is 5.96 Å². The number of hydrogen-bond acceptors (Lipinski definition) is 2. The van der Waals surface area contributed by atoms with Gasteiger partial charge in [-0.3, -0.25) is 9.79 Å². The molecule has 1 fully saturated rings. The summed E-state index contributed by atoms with van der Waals surface area (Å²) in [6.07, 6.45) is 3.67. The molecule has 0 aromatic heterocycles. The zero-order valence-electron chi connectivity index (χ0n) is 17.1. The second kappa shape index (κ2) is 12.2. The summed E-state index contributed by atoms with van der Waals surface area (Å²) in [7, 11) is 1.80. The van der Waals surface area contributed by atoms with Gasteiger partial charge in [0.1, 0.15) is 0 Å². The Kier molecular flexibility index (Phi) is 10.7. The van der Waals surface area contributed by atoms with Crippen LogP contribution in [-0.4, -0.2) is 49.5 Å². The molecular formula is C21H35IN4O. The predicted octanol–water partition coefficient (Wildman–Crippen LogP) is 3.67. The molecule has 6 heteroatoms. The SMILES string of the molecule is CCC(CCNC(=NC)NCC(C)c1cccc(C)c1)N1CCCC1=O.I. The number of benzene rings is 1. The Morgan fingerprint density at radius 1 is 1.33 bits per heavy atom. The topological polar surface area (TPSA) is 56.7 Å². The number of aliphatic imine (C=N–C) groups is 1. The van der Waals surface area contributed by atoms with E-state index in [1.807, 2.05) is 0 Å². The highest BCUT2D eigenvalue weighted by atomic mass is 127. The van der Waals surface area contributed by atoms with Gasteiger partial charge in [-0.25, -0.2) is 0 Å². The van der Waals surface area contributed by atoms with E-state index >= 15 is 0 Å². The number of carbonyl (C=O) groups excluding carboxylic acids is 1. The summed E-state index contributed by atoms with van der Waals surface area (Å²) in [5.74, 6) is 1.55. The van der Waals surface area contributed by atoms with Crippen LogP contribution in [0.2, 0.25) is 0 Å². The number of likely N-dealkylation sites (tertiary alicyclic amines) is 1. The van der Waals surface area contributed by atoms with Crippen LogP contribution in [0.1, 0.15) is 56.6 Å². The second-order valence-electron chi connectivity index (χ2n) is 7.24. The third-order valence-corrected chi connectivity index (χ3v) is 5.20. The van der Waals surface area contributed by atoms with Gasteiger partial charge in [-0.2, -0.15) is 0 Å². The van der Waals surface area contributed by atoms with Crippen molar-refractivity contribution in [3.63, 3.8) is 0 Å². The molecule has 1 heterocycles. The molecule has 2 unspecified atom stereocenters. The largest absolute Gasteiger partial charge is 0.356 e. The third-order valence-electron chi connectivity index (χ3n) is 5.20. The van der Waals surface area contributed by atoms with Gasteiger partial charge in [0.25, 0.3) is 0 Å². The summed E-state index contributed by atoms with van der Waals surface area (Å²) in [6, 6.07) is 8.98. The Morgan fingerprint density at radius 3 is 2.70 bits per heavy atom. The summed E-state index contributed by atoms with van der Waals surface area (Å²) in [4.78, 5) is 18.3. The second-order valence-corrected chi connectivity index (χ2v) is 7.24. The molecule has 2 atom stereocenters. The maximum absolute atomic E-state index is 11.9. The van der Waals surface area contributed by atoms with Crippen LogP contribution >= 0.6 is 24.0 Å². The smallest absolute Gasteiger partial charge is 0.222 e. The van der Waals surface area contributed by atoms with Crippen LogP contribution in [0.3, 0.4) is 0 Å². The highest BCUT2D eigenvalue weighted by Crippen LogP contribution is 2.18. The van der Waals surface area contributed by atoms with Crippen molar-refractivity contribution in [1.29, 1.82) is 0 Å². The molecule has 0 bridgehead atoms. The van der Waals surface area contributed by atoms with Crippen LogP contribution in [0.5, 0.6) is 0 Å². The van der Waals surface area contributed by atoms with E-state index < -0.39 is 0 Å². The van der Waals surface area contributed by atoms with Gasteiger partial charge in [0, 0.05) is 39.1 Å². The van der Waals surface area contributed by atoms with Crippen molar-refractivity contribution in [1.82, 2.24) is 15.5 Å². The van der Waals surface area contributed by atoms with Crippen LogP contribution in [0.25, 0.3) is 0 Å². The highest BCUT2D eigenvalue weighted by Gasteiger charge is 2.26. The number of carbonyl (C=O) groups is 1. The predicted molar refractivity (Wildman–Crippen MR) is 124 cm³/mol. The zero-order valence-corrected chi connectivity index (χ0v) is 19.5. The summed E-state index contributed by atoms with van der Waals surface area (Å²) < 4.78 is 0. The van der Waals surface area contributed by atoms with E-state index in [-0.39, 0.29) is 24.0 Å². The van der Waals surface area contributed by atoms with E-state index in [4.69, 9.17) is 0 Å². The Balaban J connectivity index is 0.00000364. The van der Waals surface area contributed by atoms with E-state index in [1.54, 1.807) is 7.05 Å². The van der Waals surface area contributed by atoms with E-state index in [0.717, 1.165) is 44.9 Å². The lowest BCUT2D eigenvalue weighted by molar-refractivity contribution is -0.129. The van der Waals surface area contributed by atoms with Crippen molar-refractivity contribution in [2.75, 3.05) is 26.7 Å². The minimum Gasteiger partial charge on any atom is -0.356 e. The normalized spacial score (nSPS) is 16.7. The van der Waals surface area contributed by atoms with Crippen molar-refractivity contribution in [3.8, 4) is 0 Å². The monoisotopic (exact) mass is 486 g/mol. The Morgan fingerprint density at radius 2 is 2.11 bits per heavy atom. The van der Waals surface area contributed by atoms with E-state index in [0.29, 0.717) is 24.3 Å². The molecule has 5 nitrogen and oxygen atoms in total. The molecule has 1 aromatic rings. The lowest BCUT2D eigenvalue weighted by atomic mass is 9.99. The number of hydrogen-bond donors (Lipinski definition) is 2. The van der Waals surface area contributed by atoms with Gasteiger partial charge in [0.2, 0.25) is 5.91 Å². The number of aryl methyl sites for hydroxylation is 1. The van der Waals surface area contributed by atoms with Crippen molar-refractivity contribution < 1.29 is 4.79 Å². The average molecular weight is 486 g/mol. The highest BCUT2D eigenvalue weighted by molar-refractivity contribution is 14.0. The van der Waals surface area contributed by atoms with Crippen molar-refractivity contribution in [3.05, 3.63) is 35.4 Å². The first kappa shape index (κ1) is 23.7. The first-order valence-electron chi connectivity index (χ1n) is 9.85. The fraction of sp³-hybridized carbons (Fsp3) is 0.619. The Hall–Kier alpha value is -1.31. The number of nitrogens with zero attached hydrogens (tertiary/aromatic N) is 2. The van der Waals surface area contributed by atoms with Gasteiger partial charge in [0.05, 0.1) is 0 Å². The molecule has 27 heavy (non-hydrogen) atoms. The van der Waals surface area contributed by atoms with Gasteiger partial charge < -0.3 is 15.5 Å². The molecule has 0 aliphatic carbocycles. The number of amides is 1. The molecule has 0 spiro atoms. The van der Waals surface area contributed by atoms with Gasteiger partial charge in [-0.1, -0.05) is 43.7 Å². The van der Waals surface area contributed by atoms with Crippen LogP contribution < -0.4 is 10.6 Å². The molecule has 2 rings (SSSR count). The Labute approximate surface area is 181 Å². The standard InChI is InChI=1S/C21H34N4O.HI/c1-5-19(25-13-7-10-20(25)26)11-12-23-21(22-4)24-15-17(3)18-9-6-8-16(2)14-18;/h6,8-9,14,17,19H,5,7,10-13,15H2,1-4H3,(H2,22,23,24);1H. The number of halogens is 1. The van der Waals surface area contributed by atoms with Gasteiger partial charge in [-0.15, -0.1) is 24.0 Å².